The van der Waals surface area contributed by atoms with Gasteiger partial charge in [0.15, 0.2) is 0 Å². The Balaban J connectivity index is 1.82. The lowest BCUT2D eigenvalue weighted by Crippen LogP contribution is -2.37. The predicted molar refractivity (Wildman–Crippen MR) is 88.8 cm³/mol. The second-order valence-electron chi connectivity index (χ2n) is 5.99. The van der Waals surface area contributed by atoms with Gasteiger partial charge in [-0.25, -0.2) is 0 Å². The molecule has 5 heteroatoms. The molecule has 0 aromatic heterocycles. The molecule has 1 heterocycles. The van der Waals surface area contributed by atoms with Crippen LogP contribution in [0.25, 0.3) is 0 Å². The van der Waals surface area contributed by atoms with Gasteiger partial charge in [0.1, 0.15) is 0 Å². The highest BCUT2D eigenvalue weighted by Gasteiger charge is 2.20. The maximum atomic E-state index is 12.0. The van der Waals surface area contributed by atoms with Gasteiger partial charge in [0.25, 0.3) is 0 Å². The summed E-state index contributed by atoms with van der Waals surface area (Å²) in [6.45, 7) is 5.30. The van der Waals surface area contributed by atoms with Crippen molar-refractivity contribution in [3.63, 3.8) is 0 Å². The summed E-state index contributed by atoms with van der Waals surface area (Å²) in [4.78, 5) is 25.6. The fourth-order valence-corrected chi connectivity index (χ4v) is 2.88. The quantitative estimate of drug-likeness (QED) is 0.839. The molecule has 1 N–H and O–H groups in total. The van der Waals surface area contributed by atoms with E-state index in [0.717, 1.165) is 25.0 Å². The summed E-state index contributed by atoms with van der Waals surface area (Å²) in [6.07, 6.45) is 2.52. The highest BCUT2D eigenvalue weighted by Crippen LogP contribution is 2.20. The molecule has 0 radical (unpaired) electrons. The third-order valence-electron chi connectivity index (χ3n) is 4.28. The van der Waals surface area contributed by atoms with Crippen LogP contribution >= 0.6 is 0 Å². The van der Waals surface area contributed by atoms with Crippen LogP contribution in [0.1, 0.15) is 44.7 Å². The number of carbonyl (C=O) groups is 2. The van der Waals surface area contributed by atoms with E-state index in [9.17, 15) is 9.59 Å². The number of rotatable bonds is 7. The molecule has 0 spiro atoms. The smallest absolute Gasteiger partial charge is 0.221 e. The van der Waals surface area contributed by atoms with Gasteiger partial charge < -0.3 is 15.0 Å². The third kappa shape index (κ3) is 5.36. The molecule has 1 saturated heterocycles. The summed E-state index contributed by atoms with van der Waals surface area (Å²) in [7, 11) is 0. The zero-order chi connectivity index (χ0) is 16.7. The van der Waals surface area contributed by atoms with Gasteiger partial charge in [0, 0.05) is 33.0 Å². The number of benzene rings is 1. The minimum absolute atomic E-state index is 0.0201. The van der Waals surface area contributed by atoms with Crippen molar-refractivity contribution in [2.24, 2.45) is 0 Å². The van der Waals surface area contributed by atoms with E-state index in [1.165, 1.54) is 0 Å². The van der Waals surface area contributed by atoms with Crippen molar-refractivity contribution in [1.82, 2.24) is 10.2 Å². The monoisotopic (exact) mass is 318 g/mol. The fourth-order valence-electron chi connectivity index (χ4n) is 2.88. The van der Waals surface area contributed by atoms with Gasteiger partial charge in [0.2, 0.25) is 11.8 Å². The van der Waals surface area contributed by atoms with Crippen molar-refractivity contribution in [3.8, 4) is 0 Å². The van der Waals surface area contributed by atoms with Crippen LogP contribution in [0.5, 0.6) is 0 Å². The lowest BCUT2D eigenvalue weighted by molar-refractivity contribution is -0.131. The van der Waals surface area contributed by atoms with Crippen molar-refractivity contribution in [1.29, 1.82) is 0 Å². The summed E-state index contributed by atoms with van der Waals surface area (Å²) < 4.78 is 5.48. The average molecular weight is 318 g/mol. The zero-order valence-electron chi connectivity index (χ0n) is 14.0. The molecular formula is C18H26N2O3. The van der Waals surface area contributed by atoms with E-state index in [2.05, 4.69) is 5.32 Å². The third-order valence-corrected chi connectivity index (χ3v) is 4.28. The number of nitrogens with one attached hydrogen (secondary N) is 1. The molecule has 1 aromatic rings. The van der Waals surface area contributed by atoms with Crippen LogP contribution in [0, 0.1) is 0 Å². The van der Waals surface area contributed by atoms with Gasteiger partial charge in [0.05, 0.1) is 12.1 Å². The molecule has 5 nitrogen and oxygen atoms in total. The standard InChI is InChI=1S/C18H26N2O3/c1-14(16-7-4-3-5-8-16)20(15(2)21)11-10-18(22)19-13-17-9-6-12-23-17/h3-5,7-8,14,17H,6,9-13H2,1-2H3,(H,19,22). The summed E-state index contributed by atoms with van der Waals surface area (Å²) in [6, 6.07) is 9.82. The molecule has 2 atom stereocenters. The number of nitrogens with zero attached hydrogens (tertiary/aromatic N) is 1. The van der Waals surface area contributed by atoms with Crippen LogP contribution in [-0.2, 0) is 14.3 Å². The first-order valence-electron chi connectivity index (χ1n) is 8.28. The van der Waals surface area contributed by atoms with Crippen molar-refractivity contribution < 1.29 is 14.3 Å². The molecule has 0 saturated carbocycles. The van der Waals surface area contributed by atoms with Gasteiger partial charge in [-0.2, -0.15) is 0 Å². The van der Waals surface area contributed by atoms with Crippen molar-refractivity contribution in [2.45, 2.75) is 45.3 Å². The number of hydrogen-bond acceptors (Lipinski definition) is 3. The molecule has 0 bridgehead atoms. The lowest BCUT2D eigenvalue weighted by Gasteiger charge is -2.28. The second-order valence-corrected chi connectivity index (χ2v) is 5.99. The number of amides is 2. The summed E-state index contributed by atoms with van der Waals surface area (Å²) in [5.74, 6) is -0.0553. The fraction of sp³-hybridized carbons (Fsp3) is 0.556. The first kappa shape index (κ1) is 17.5. The van der Waals surface area contributed by atoms with Gasteiger partial charge in [-0.3, -0.25) is 9.59 Å². The largest absolute Gasteiger partial charge is 0.376 e. The first-order chi connectivity index (χ1) is 11.1. The Morgan fingerprint density at radius 2 is 2.09 bits per heavy atom. The van der Waals surface area contributed by atoms with Crippen LogP contribution in [0.2, 0.25) is 0 Å². The molecular weight excluding hydrogens is 292 g/mol. The van der Waals surface area contributed by atoms with E-state index in [1.54, 1.807) is 11.8 Å². The molecule has 1 aromatic carbocycles. The van der Waals surface area contributed by atoms with Crippen molar-refractivity contribution in [3.05, 3.63) is 35.9 Å². The summed E-state index contributed by atoms with van der Waals surface area (Å²) in [5.41, 5.74) is 1.07. The average Bonchev–Trinajstić information content (AvgIpc) is 3.07. The van der Waals surface area contributed by atoms with Crippen LogP contribution < -0.4 is 5.32 Å². The van der Waals surface area contributed by atoms with E-state index >= 15 is 0 Å². The van der Waals surface area contributed by atoms with E-state index in [4.69, 9.17) is 4.74 Å². The Bertz CT molecular complexity index is 512. The van der Waals surface area contributed by atoms with E-state index < -0.39 is 0 Å². The molecule has 1 fully saturated rings. The van der Waals surface area contributed by atoms with Crippen LogP contribution in [0.15, 0.2) is 30.3 Å². The molecule has 2 unspecified atom stereocenters. The minimum Gasteiger partial charge on any atom is -0.376 e. The Kier molecular flexibility index (Phi) is 6.59. The normalized spacial score (nSPS) is 18.4. The van der Waals surface area contributed by atoms with Crippen LogP contribution in [0.4, 0.5) is 0 Å². The number of hydrogen-bond donors (Lipinski definition) is 1. The van der Waals surface area contributed by atoms with E-state index in [-0.39, 0.29) is 24.0 Å². The Morgan fingerprint density at radius 3 is 2.70 bits per heavy atom. The second kappa shape index (κ2) is 8.67. The maximum Gasteiger partial charge on any atom is 0.221 e. The predicted octanol–water partition coefficient (Wildman–Crippen LogP) is 2.28. The number of ether oxygens (including phenoxy) is 1. The summed E-state index contributed by atoms with van der Waals surface area (Å²) >= 11 is 0. The van der Waals surface area contributed by atoms with E-state index in [0.29, 0.717) is 19.5 Å². The molecule has 23 heavy (non-hydrogen) atoms. The Labute approximate surface area is 138 Å². The first-order valence-corrected chi connectivity index (χ1v) is 8.28. The van der Waals surface area contributed by atoms with Gasteiger partial charge in [-0.1, -0.05) is 30.3 Å². The zero-order valence-corrected chi connectivity index (χ0v) is 14.0. The molecule has 1 aliphatic heterocycles. The summed E-state index contributed by atoms with van der Waals surface area (Å²) in [5, 5.41) is 2.90. The van der Waals surface area contributed by atoms with Gasteiger partial charge in [-0.15, -0.1) is 0 Å². The van der Waals surface area contributed by atoms with Crippen molar-refractivity contribution in [2.75, 3.05) is 19.7 Å². The van der Waals surface area contributed by atoms with E-state index in [1.807, 2.05) is 37.3 Å². The highest BCUT2D eigenvalue weighted by atomic mass is 16.5. The van der Waals surface area contributed by atoms with Gasteiger partial charge in [-0.05, 0) is 25.3 Å². The SMILES string of the molecule is CC(=O)N(CCC(=O)NCC1CCCO1)C(C)c1ccccc1. The highest BCUT2D eigenvalue weighted by molar-refractivity contribution is 5.78. The molecule has 0 aliphatic carbocycles. The van der Waals surface area contributed by atoms with Crippen molar-refractivity contribution >= 4 is 11.8 Å². The van der Waals surface area contributed by atoms with Gasteiger partial charge >= 0.3 is 0 Å². The number of carbonyl (C=O) groups excluding carboxylic acids is 2. The Hall–Kier alpha value is -1.88. The maximum absolute atomic E-state index is 12.0. The lowest BCUT2D eigenvalue weighted by atomic mass is 10.1. The molecule has 126 valence electrons. The topological polar surface area (TPSA) is 58.6 Å². The minimum atomic E-state index is -0.0420. The molecule has 2 amide bonds. The molecule has 1 aliphatic rings. The Morgan fingerprint density at radius 1 is 1.35 bits per heavy atom. The van der Waals surface area contributed by atoms with Crippen LogP contribution in [-0.4, -0.2) is 42.5 Å². The molecule has 2 rings (SSSR count). The van der Waals surface area contributed by atoms with Crippen LogP contribution in [0.3, 0.4) is 0 Å².